The molecule has 3 heterocycles. The Hall–Kier alpha value is -1.98. The molecule has 3 aromatic heterocycles. The molecule has 0 bridgehead atoms. The number of hydrogen-bond donors (Lipinski definition) is 2. The van der Waals surface area contributed by atoms with Crippen LogP contribution in [0.15, 0.2) is 15.6 Å². The number of nitrogen functional groups attached to an aromatic ring is 1. The van der Waals surface area contributed by atoms with Crippen LogP contribution in [0.5, 0.6) is 0 Å². The van der Waals surface area contributed by atoms with Gasteiger partial charge in [-0.1, -0.05) is 5.16 Å². The van der Waals surface area contributed by atoms with Gasteiger partial charge < -0.3 is 5.73 Å². The average molecular weight is 427 g/mol. The molecule has 3 N–H and O–H groups in total. The van der Waals surface area contributed by atoms with Crippen LogP contribution in [0.25, 0.3) is 11.0 Å². The standard InChI is InChI=1S/C13H14IN7O2/c14-9-8-10(15)16-5-17-12(8)21(19-9)7-3-1-6(2-4-7)11-18-13(22)23-20-11/h5-7H,1-4H2,(H2,15,16,17)(H,18,20,22)/t6-,7-. The molecule has 1 saturated carbocycles. The van der Waals surface area contributed by atoms with E-state index in [4.69, 9.17) is 5.73 Å². The molecule has 120 valence electrons. The number of aromatic amines is 1. The third kappa shape index (κ3) is 2.50. The molecule has 0 atom stereocenters. The monoisotopic (exact) mass is 427 g/mol. The van der Waals surface area contributed by atoms with Crippen LogP contribution in [0, 0.1) is 3.70 Å². The quantitative estimate of drug-likeness (QED) is 0.595. The van der Waals surface area contributed by atoms with Gasteiger partial charge in [-0.15, -0.1) is 0 Å². The fraction of sp³-hybridized carbons (Fsp3) is 0.462. The molecular formula is C13H14IN7O2. The molecule has 1 aliphatic rings. The first-order valence-electron chi connectivity index (χ1n) is 7.33. The Bertz CT molecular complexity index is 907. The highest BCUT2D eigenvalue weighted by Gasteiger charge is 2.28. The Balaban J connectivity index is 1.59. The molecule has 1 aliphatic carbocycles. The van der Waals surface area contributed by atoms with Gasteiger partial charge in [0.1, 0.15) is 15.8 Å². The Morgan fingerprint density at radius 2 is 2.09 bits per heavy atom. The average Bonchev–Trinajstić information content (AvgIpc) is 3.12. The highest BCUT2D eigenvalue weighted by atomic mass is 127. The van der Waals surface area contributed by atoms with Crippen molar-refractivity contribution in [1.29, 1.82) is 0 Å². The summed E-state index contributed by atoms with van der Waals surface area (Å²) in [4.78, 5) is 22.1. The molecule has 0 radical (unpaired) electrons. The van der Waals surface area contributed by atoms with Crippen molar-refractivity contribution in [2.75, 3.05) is 5.73 Å². The van der Waals surface area contributed by atoms with Crippen molar-refractivity contribution in [3.05, 3.63) is 26.4 Å². The van der Waals surface area contributed by atoms with Crippen LogP contribution in [0.1, 0.15) is 43.5 Å². The van der Waals surface area contributed by atoms with E-state index in [1.54, 1.807) is 0 Å². The van der Waals surface area contributed by atoms with Crippen molar-refractivity contribution >= 4 is 39.4 Å². The van der Waals surface area contributed by atoms with Crippen molar-refractivity contribution in [3.63, 3.8) is 0 Å². The van der Waals surface area contributed by atoms with Crippen LogP contribution >= 0.6 is 22.6 Å². The van der Waals surface area contributed by atoms with Crippen LogP contribution in [0.3, 0.4) is 0 Å². The summed E-state index contributed by atoms with van der Waals surface area (Å²) in [6.45, 7) is 0. The van der Waals surface area contributed by atoms with Gasteiger partial charge in [-0.3, -0.25) is 9.51 Å². The molecular weight excluding hydrogens is 413 g/mol. The largest absolute Gasteiger partial charge is 0.438 e. The lowest BCUT2D eigenvalue weighted by atomic mass is 9.85. The van der Waals surface area contributed by atoms with E-state index < -0.39 is 5.76 Å². The van der Waals surface area contributed by atoms with E-state index in [1.165, 1.54) is 6.33 Å². The van der Waals surface area contributed by atoms with E-state index in [2.05, 4.69) is 52.3 Å². The van der Waals surface area contributed by atoms with E-state index in [0.29, 0.717) is 11.6 Å². The molecule has 0 spiro atoms. The second-order valence-corrected chi connectivity index (χ2v) is 6.70. The van der Waals surface area contributed by atoms with Crippen LogP contribution in [0.4, 0.5) is 5.82 Å². The van der Waals surface area contributed by atoms with Gasteiger partial charge in [0, 0.05) is 5.92 Å². The van der Waals surface area contributed by atoms with E-state index in [0.717, 1.165) is 40.4 Å². The molecule has 10 heteroatoms. The first-order valence-corrected chi connectivity index (χ1v) is 8.41. The Morgan fingerprint density at radius 1 is 1.30 bits per heavy atom. The van der Waals surface area contributed by atoms with Crippen molar-refractivity contribution in [3.8, 4) is 0 Å². The van der Waals surface area contributed by atoms with Crippen LogP contribution in [-0.4, -0.2) is 29.9 Å². The minimum absolute atomic E-state index is 0.221. The minimum Gasteiger partial charge on any atom is -0.383 e. The van der Waals surface area contributed by atoms with Crippen LogP contribution in [0.2, 0.25) is 0 Å². The zero-order valence-electron chi connectivity index (χ0n) is 12.1. The molecule has 0 aromatic carbocycles. The Labute approximate surface area is 143 Å². The number of nitrogens with zero attached hydrogens (tertiary/aromatic N) is 5. The maximum Gasteiger partial charge on any atom is 0.438 e. The van der Waals surface area contributed by atoms with Gasteiger partial charge in [0.25, 0.3) is 0 Å². The number of nitrogens with one attached hydrogen (secondary N) is 1. The first kappa shape index (κ1) is 14.6. The predicted octanol–water partition coefficient (Wildman–Crippen LogP) is 1.59. The zero-order valence-corrected chi connectivity index (χ0v) is 14.2. The van der Waals surface area contributed by atoms with Gasteiger partial charge in [0.15, 0.2) is 11.5 Å². The number of rotatable bonds is 2. The number of aromatic nitrogens is 6. The lowest BCUT2D eigenvalue weighted by Crippen LogP contribution is -2.19. The maximum atomic E-state index is 11.1. The Morgan fingerprint density at radius 3 is 2.78 bits per heavy atom. The maximum absolute atomic E-state index is 11.1. The first-order chi connectivity index (χ1) is 11.1. The van der Waals surface area contributed by atoms with Crippen molar-refractivity contribution < 1.29 is 4.52 Å². The normalized spacial score (nSPS) is 21.8. The molecule has 1 fully saturated rings. The number of fused-ring (bicyclic) bond motifs is 1. The van der Waals surface area contributed by atoms with Gasteiger partial charge in [0.05, 0.1) is 11.4 Å². The summed E-state index contributed by atoms with van der Waals surface area (Å²) in [5.41, 5.74) is 6.72. The third-order valence-corrected chi connectivity index (χ3v) is 5.12. The van der Waals surface area contributed by atoms with E-state index in [-0.39, 0.29) is 12.0 Å². The molecule has 0 amide bonds. The lowest BCUT2D eigenvalue weighted by Gasteiger charge is -2.27. The van der Waals surface area contributed by atoms with E-state index in [9.17, 15) is 4.79 Å². The number of halogens is 1. The molecule has 0 saturated heterocycles. The van der Waals surface area contributed by atoms with Gasteiger partial charge in [0.2, 0.25) is 0 Å². The number of hydrogen-bond acceptors (Lipinski definition) is 7. The highest BCUT2D eigenvalue weighted by molar-refractivity contribution is 14.1. The predicted molar refractivity (Wildman–Crippen MR) is 89.8 cm³/mol. The molecule has 3 aromatic rings. The Kier molecular flexibility index (Phi) is 3.54. The fourth-order valence-corrected chi connectivity index (χ4v) is 3.97. The second kappa shape index (κ2) is 5.58. The SMILES string of the molecule is Nc1ncnc2c1c(I)nn2[C@H]1CC[C@H](c2noc(=O)[nH]2)CC1. The van der Waals surface area contributed by atoms with Crippen molar-refractivity contribution in [2.24, 2.45) is 0 Å². The molecule has 0 unspecified atom stereocenters. The highest BCUT2D eigenvalue weighted by Crippen LogP contribution is 2.38. The summed E-state index contributed by atoms with van der Waals surface area (Å²) < 4.78 is 7.37. The van der Waals surface area contributed by atoms with Gasteiger partial charge in [-0.05, 0) is 48.3 Å². The van der Waals surface area contributed by atoms with E-state index in [1.807, 2.05) is 4.68 Å². The summed E-state index contributed by atoms with van der Waals surface area (Å²) in [6.07, 6.45) is 5.14. The summed E-state index contributed by atoms with van der Waals surface area (Å²) in [5, 5.41) is 9.22. The van der Waals surface area contributed by atoms with Crippen molar-refractivity contribution in [2.45, 2.75) is 37.6 Å². The van der Waals surface area contributed by atoms with Gasteiger partial charge in [-0.25, -0.2) is 19.4 Å². The summed E-state index contributed by atoms with van der Waals surface area (Å²) in [7, 11) is 0. The second-order valence-electron chi connectivity index (χ2n) is 5.68. The smallest absolute Gasteiger partial charge is 0.383 e. The summed E-state index contributed by atoms with van der Waals surface area (Å²) in [5.74, 6) is 0.819. The number of nitrogens with two attached hydrogens (primary N) is 1. The zero-order chi connectivity index (χ0) is 16.0. The molecule has 4 rings (SSSR count). The number of H-pyrrole nitrogens is 1. The summed E-state index contributed by atoms with van der Waals surface area (Å²) >= 11 is 2.16. The summed E-state index contributed by atoms with van der Waals surface area (Å²) in [6, 6.07) is 0.255. The van der Waals surface area contributed by atoms with Gasteiger partial charge in [-0.2, -0.15) is 5.10 Å². The number of anilines is 1. The van der Waals surface area contributed by atoms with Crippen LogP contribution < -0.4 is 11.5 Å². The van der Waals surface area contributed by atoms with Crippen LogP contribution in [-0.2, 0) is 0 Å². The molecule has 23 heavy (non-hydrogen) atoms. The third-order valence-electron chi connectivity index (χ3n) is 4.36. The van der Waals surface area contributed by atoms with Crippen molar-refractivity contribution in [1.82, 2.24) is 29.9 Å². The topological polar surface area (TPSA) is 129 Å². The van der Waals surface area contributed by atoms with E-state index >= 15 is 0 Å². The fourth-order valence-electron chi connectivity index (χ4n) is 3.22. The minimum atomic E-state index is -0.498. The molecule has 9 nitrogen and oxygen atoms in total. The molecule has 0 aliphatic heterocycles. The van der Waals surface area contributed by atoms with Gasteiger partial charge >= 0.3 is 5.76 Å². The lowest BCUT2D eigenvalue weighted by molar-refractivity contribution is 0.295.